The highest BCUT2D eigenvalue weighted by molar-refractivity contribution is 9.16. The quantitative estimate of drug-likeness (QED) is 0.401. The first-order valence-electron chi connectivity index (χ1n) is 2.56. The molecule has 0 saturated heterocycles. The van der Waals surface area contributed by atoms with Crippen molar-refractivity contribution in [2.45, 2.75) is 0 Å². The van der Waals surface area contributed by atoms with E-state index in [1.807, 2.05) is 0 Å². The molecular formula is C5Br6N+. The second kappa shape index (κ2) is 4.70. The summed E-state index contributed by atoms with van der Waals surface area (Å²) >= 11 is 20.4. The smallest absolute Gasteiger partial charge is 0.101 e. The van der Waals surface area contributed by atoms with Crippen LogP contribution < -0.4 is 3.59 Å². The van der Waals surface area contributed by atoms with Gasteiger partial charge in [0.25, 0.3) is 9.21 Å². The van der Waals surface area contributed by atoms with Gasteiger partial charge in [0.2, 0.25) is 0 Å². The van der Waals surface area contributed by atoms with Crippen LogP contribution in [0.5, 0.6) is 0 Å². The Morgan fingerprint density at radius 3 is 1.33 bits per heavy atom. The van der Waals surface area contributed by atoms with E-state index in [0.717, 1.165) is 22.6 Å². The molecule has 66 valence electrons. The van der Waals surface area contributed by atoms with Crippen LogP contribution in [-0.4, -0.2) is 0 Å². The molecule has 0 N–H and O–H groups in total. The third-order valence-corrected chi connectivity index (χ3v) is 8.72. The summed E-state index contributed by atoms with van der Waals surface area (Å²) in [5, 5.41) is 0. The summed E-state index contributed by atoms with van der Waals surface area (Å²) in [5.74, 6) is 0. The van der Waals surface area contributed by atoms with Gasteiger partial charge in [0.1, 0.15) is 8.95 Å². The van der Waals surface area contributed by atoms with Gasteiger partial charge in [-0.05, 0) is 47.8 Å². The highest BCUT2D eigenvalue weighted by atomic mass is 79.9. The van der Waals surface area contributed by atoms with E-state index in [-0.39, 0.29) is 0 Å². The average molecular weight is 553 g/mol. The monoisotopic (exact) mass is 548 g/mol. The Morgan fingerprint density at radius 2 is 1.00 bits per heavy atom. The van der Waals surface area contributed by atoms with Gasteiger partial charge in [-0.25, -0.2) is 0 Å². The van der Waals surface area contributed by atoms with Crippen LogP contribution in [0.25, 0.3) is 0 Å². The van der Waals surface area contributed by atoms with E-state index in [2.05, 4.69) is 95.8 Å². The molecule has 0 fully saturated rings. The van der Waals surface area contributed by atoms with E-state index in [1.54, 1.807) is 3.59 Å². The van der Waals surface area contributed by atoms with Crippen LogP contribution in [-0.2, 0) is 0 Å². The first kappa shape index (κ1) is 12.1. The van der Waals surface area contributed by atoms with Crippen LogP contribution in [0.2, 0.25) is 0 Å². The van der Waals surface area contributed by atoms with Crippen molar-refractivity contribution in [3.8, 4) is 0 Å². The summed E-state index contributed by atoms with van der Waals surface area (Å²) in [7, 11) is 0. The maximum Gasteiger partial charge on any atom is 0.333 e. The number of halogens is 6. The highest BCUT2D eigenvalue weighted by Gasteiger charge is 2.23. The molecule has 7 heteroatoms. The lowest BCUT2D eigenvalue weighted by Crippen LogP contribution is -2.24. The minimum atomic E-state index is 0.893. The molecule has 1 heterocycles. The maximum atomic E-state index is 3.43. The average Bonchev–Trinajstić information content (AvgIpc) is 2.08. The Morgan fingerprint density at radius 1 is 0.667 bits per heavy atom. The van der Waals surface area contributed by atoms with E-state index < -0.39 is 0 Å². The summed E-state index contributed by atoms with van der Waals surface area (Å²) in [6, 6.07) is 0. The van der Waals surface area contributed by atoms with E-state index in [9.17, 15) is 0 Å². The second-order valence-corrected chi connectivity index (χ2v) is 6.39. The number of nitrogens with zero attached hydrogens (tertiary/aromatic N) is 1. The number of rotatable bonds is 0. The molecule has 0 spiro atoms. The first-order valence-corrected chi connectivity index (χ1v) is 7.24. The van der Waals surface area contributed by atoms with Crippen LogP contribution in [0.4, 0.5) is 0 Å². The van der Waals surface area contributed by atoms with Crippen molar-refractivity contribution in [3.05, 3.63) is 22.6 Å². The van der Waals surface area contributed by atoms with Crippen LogP contribution in [0.15, 0.2) is 22.6 Å². The fourth-order valence-corrected chi connectivity index (χ4v) is 4.28. The molecule has 0 aliphatic carbocycles. The summed E-state index contributed by atoms with van der Waals surface area (Å²) in [5.41, 5.74) is 0. The van der Waals surface area contributed by atoms with Crippen molar-refractivity contribution in [1.29, 1.82) is 0 Å². The van der Waals surface area contributed by atoms with Crippen molar-refractivity contribution in [2.75, 3.05) is 0 Å². The molecule has 1 aromatic heterocycles. The van der Waals surface area contributed by atoms with Crippen LogP contribution >= 0.6 is 95.8 Å². The van der Waals surface area contributed by atoms with E-state index >= 15 is 0 Å². The van der Waals surface area contributed by atoms with Crippen molar-refractivity contribution < 1.29 is 3.59 Å². The van der Waals surface area contributed by atoms with Gasteiger partial charge in [-0.2, -0.15) is 0 Å². The molecule has 0 atom stereocenters. The van der Waals surface area contributed by atoms with Gasteiger partial charge in [0, 0.05) is 31.9 Å². The standard InChI is InChI=1S/C5Br6N/c6-1-2(7)4(9)12(11)5(10)3(1)8/q+1. The molecule has 1 rings (SSSR count). The van der Waals surface area contributed by atoms with Gasteiger partial charge in [-0.1, -0.05) is 0 Å². The summed E-state index contributed by atoms with van der Waals surface area (Å²) < 4.78 is 6.40. The third kappa shape index (κ3) is 2.16. The molecule has 0 radical (unpaired) electrons. The van der Waals surface area contributed by atoms with Crippen LogP contribution in [0.1, 0.15) is 0 Å². The van der Waals surface area contributed by atoms with Gasteiger partial charge < -0.3 is 0 Å². The molecule has 0 aliphatic heterocycles. The van der Waals surface area contributed by atoms with Gasteiger partial charge in [-0.15, -0.1) is 3.59 Å². The van der Waals surface area contributed by atoms with Gasteiger partial charge in [0.05, 0.1) is 4.47 Å². The van der Waals surface area contributed by atoms with Crippen molar-refractivity contribution in [3.63, 3.8) is 0 Å². The third-order valence-electron chi connectivity index (χ3n) is 1.09. The predicted octanol–water partition coefficient (Wildman–Crippen LogP) is 4.94. The van der Waals surface area contributed by atoms with E-state index in [0.29, 0.717) is 0 Å². The minimum absolute atomic E-state index is 0.893. The lowest BCUT2D eigenvalue weighted by Gasteiger charge is -2.00. The maximum absolute atomic E-state index is 3.43. The van der Waals surface area contributed by atoms with Gasteiger partial charge in [0.15, 0.2) is 0 Å². The summed E-state index contributed by atoms with van der Waals surface area (Å²) in [6.45, 7) is 0. The number of hydrogen-bond donors (Lipinski definition) is 0. The lowest BCUT2D eigenvalue weighted by atomic mass is 10.5. The fraction of sp³-hybridized carbons (Fsp3) is 0. The Labute approximate surface area is 120 Å². The summed E-state index contributed by atoms with van der Waals surface area (Å²) in [6.07, 6.45) is 0. The van der Waals surface area contributed by atoms with Gasteiger partial charge >= 0.3 is 16.1 Å². The van der Waals surface area contributed by atoms with Crippen LogP contribution in [0, 0.1) is 0 Å². The van der Waals surface area contributed by atoms with E-state index in [4.69, 9.17) is 0 Å². The Balaban J connectivity index is 3.60. The Bertz CT molecular complexity index is 230. The molecule has 1 nitrogen and oxygen atoms in total. The van der Waals surface area contributed by atoms with Crippen molar-refractivity contribution in [2.24, 2.45) is 0 Å². The first-order chi connectivity index (χ1) is 5.46. The second-order valence-electron chi connectivity index (χ2n) is 1.80. The van der Waals surface area contributed by atoms with Gasteiger partial charge in [-0.3, -0.25) is 0 Å². The topological polar surface area (TPSA) is 3.88 Å². The zero-order valence-electron chi connectivity index (χ0n) is 5.22. The largest absolute Gasteiger partial charge is 0.333 e. The lowest BCUT2D eigenvalue weighted by molar-refractivity contribution is -0.502. The molecule has 0 amide bonds. The summed E-state index contributed by atoms with van der Waals surface area (Å²) in [4.78, 5) is 0. The zero-order chi connectivity index (χ0) is 9.46. The minimum Gasteiger partial charge on any atom is -0.101 e. The highest BCUT2D eigenvalue weighted by Crippen LogP contribution is 2.38. The molecule has 1 aromatic rings. The molecule has 12 heavy (non-hydrogen) atoms. The predicted molar refractivity (Wildman–Crippen MR) is 69.5 cm³/mol. The normalized spacial score (nSPS) is 10.5. The number of aromatic nitrogens is 1. The molecule has 0 aliphatic rings. The molecular weight excluding hydrogens is 553 g/mol. The Kier molecular flexibility index (Phi) is 4.74. The SMILES string of the molecule is Brc1c(Br)c(Br)[n+](Br)c(Br)c1Br. The molecule has 0 aromatic carbocycles. The number of hydrogen-bond acceptors (Lipinski definition) is 0. The number of pyridine rings is 1. The zero-order valence-corrected chi connectivity index (χ0v) is 14.7. The van der Waals surface area contributed by atoms with Crippen molar-refractivity contribution in [1.82, 2.24) is 0 Å². The molecule has 0 saturated carbocycles. The fourth-order valence-electron chi connectivity index (χ4n) is 0.536. The Hall–Kier alpha value is 2.03. The van der Waals surface area contributed by atoms with Crippen molar-refractivity contribution >= 4 is 95.8 Å². The molecule has 0 bridgehead atoms. The van der Waals surface area contributed by atoms with Crippen LogP contribution in [0.3, 0.4) is 0 Å². The van der Waals surface area contributed by atoms with E-state index in [1.165, 1.54) is 0 Å². The molecule has 0 unspecified atom stereocenters.